The van der Waals surface area contributed by atoms with Gasteiger partial charge >= 0.3 is 0 Å². The van der Waals surface area contributed by atoms with Gasteiger partial charge in [0, 0.05) is 33.0 Å². The van der Waals surface area contributed by atoms with Crippen LogP contribution in [-0.2, 0) is 5.41 Å². The van der Waals surface area contributed by atoms with Crippen molar-refractivity contribution in [1.29, 1.82) is 0 Å². The van der Waals surface area contributed by atoms with Crippen LogP contribution in [0, 0.1) is 0 Å². The van der Waals surface area contributed by atoms with Crippen molar-refractivity contribution >= 4 is 21.9 Å². The fourth-order valence-electron chi connectivity index (χ4n) is 8.92. The van der Waals surface area contributed by atoms with Crippen LogP contribution in [-0.4, -0.2) is 15.0 Å². The highest BCUT2D eigenvalue weighted by Crippen LogP contribution is 2.62. The van der Waals surface area contributed by atoms with Gasteiger partial charge in [0.2, 0.25) is 0 Å². The second-order valence-electron chi connectivity index (χ2n) is 14.7. The second-order valence-corrected chi connectivity index (χ2v) is 14.7. The zero-order chi connectivity index (χ0) is 38.2. The number of nitrogens with zero attached hydrogens (tertiary/aromatic N) is 3. The molecular formula is C52H31N3O3. The first-order valence-electron chi connectivity index (χ1n) is 19.3. The van der Waals surface area contributed by atoms with Crippen molar-refractivity contribution in [2.24, 2.45) is 0 Å². The van der Waals surface area contributed by atoms with Gasteiger partial charge in [-0.1, -0.05) is 146 Å². The number of aromatic nitrogens is 3. The van der Waals surface area contributed by atoms with E-state index in [1.54, 1.807) is 0 Å². The molecule has 0 radical (unpaired) electrons. The number of benzene rings is 8. The smallest absolute Gasteiger partial charge is 0.178 e. The maximum atomic E-state index is 7.00. The van der Waals surface area contributed by atoms with E-state index in [0.29, 0.717) is 40.5 Å². The molecule has 12 rings (SSSR count). The van der Waals surface area contributed by atoms with Crippen molar-refractivity contribution in [3.05, 3.63) is 210 Å². The highest BCUT2D eigenvalue weighted by molar-refractivity contribution is 6.05. The topological polar surface area (TPSA) is 70.3 Å². The fourth-order valence-corrected chi connectivity index (χ4v) is 8.92. The van der Waals surface area contributed by atoms with Gasteiger partial charge in [0.15, 0.2) is 40.5 Å². The summed E-state index contributed by atoms with van der Waals surface area (Å²) < 4.78 is 19.9. The van der Waals surface area contributed by atoms with Gasteiger partial charge in [0.25, 0.3) is 0 Å². The zero-order valence-electron chi connectivity index (χ0n) is 31.0. The molecule has 0 bridgehead atoms. The van der Waals surface area contributed by atoms with Gasteiger partial charge in [0.05, 0.1) is 5.41 Å². The van der Waals surface area contributed by atoms with E-state index >= 15 is 0 Å². The first-order valence-corrected chi connectivity index (χ1v) is 19.3. The molecule has 272 valence electrons. The van der Waals surface area contributed by atoms with Crippen LogP contribution >= 0.6 is 0 Å². The molecule has 58 heavy (non-hydrogen) atoms. The van der Waals surface area contributed by atoms with Gasteiger partial charge in [-0.15, -0.1) is 0 Å². The fraction of sp³-hybridized carbons (Fsp3) is 0.0192. The van der Waals surface area contributed by atoms with Crippen LogP contribution in [0.2, 0.25) is 0 Å². The van der Waals surface area contributed by atoms with E-state index in [2.05, 4.69) is 103 Å². The Kier molecular flexibility index (Phi) is 7.04. The summed E-state index contributed by atoms with van der Waals surface area (Å²) in [5.74, 6) is 4.18. The van der Waals surface area contributed by atoms with Gasteiger partial charge in [-0.05, 0) is 70.3 Å². The number of furan rings is 1. The Morgan fingerprint density at radius 3 is 1.72 bits per heavy atom. The zero-order valence-corrected chi connectivity index (χ0v) is 31.0. The van der Waals surface area contributed by atoms with Crippen LogP contribution in [0.1, 0.15) is 22.3 Å². The third kappa shape index (κ3) is 4.82. The van der Waals surface area contributed by atoms with E-state index in [1.165, 1.54) is 16.7 Å². The van der Waals surface area contributed by atoms with E-state index in [-0.39, 0.29) is 0 Å². The summed E-state index contributed by atoms with van der Waals surface area (Å²) in [5.41, 5.74) is 10.4. The van der Waals surface area contributed by atoms with E-state index in [4.69, 9.17) is 28.8 Å². The van der Waals surface area contributed by atoms with Crippen LogP contribution in [0.15, 0.2) is 192 Å². The minimum atomic E-state index is -0.560. The standard InChI is InChI=1S/C52H31N3O3/c1-4-14-32(15-5-1)49-53-50(33-24-26-38-37-20-11-13-23-42(37)56-45(38)30-33)55-51(54-49)34-25-28-43-46(31-34)58-48-44(57-43)29-27-41-47(48)39-21-10-12-22-40(39)52(41,35-16-6-2-7-17-35)36-18-8-3-9-19-36/h1-31H. The molecule has 0 saturated heterocycles. The second kappa shape index (κ2) is 12.6. The first-order chi connectivity index (χ1) is 28.7. The number of rotatable bonds is 5. The Labute approximate surface area is 333 Å². The van der Waals surface area contributed by atoms with Crippen LogP contribution in [0.4, 0.5) is 0 Å². The number of hydrogen-bond acceptors (Lipinski definition) is 6. The molecule has 2 aromatic heterocycles. The van der Waals surface area contributed by atoms with E-state index in [0.717, 1.165) is 55.3 Å². The lowest BCUT2D eigenvalue weighted by molar-refractivity contribution is 0.360. The quantitative estimate of drug-likeness (QED) is 0.175. The predicted molar refractivity (Wildman–Crippen MR) is 227 cm³/mol. The number of ether oxygens (including phenoxy) is 2. The lowest BCUT2D eigenvalue weighted by atomic mass is 9.68. The monoisotopic (exact) mass is 745 g/mol. The molecule has 0 atom stereocenters. The minimum absolute atomic E-state index is 0.515. The first kappa shape index (κ1) is 32.4. The molecule has 3 heterocycles. The molecule has 0 amide bonds. The van der Waals surface area contributed by atoms with Crippen LogP contribution < -0.4 is 9.47 Å². The normalized spacial score (nSPS) is 13.2. The Morgan fingerprint density at radius 1 is 0.379 bits per heavy atom. The van der Waals surface area contributed by atoms with E-state index < -0.39 is 5.41 Å². The molecule has 8 aromatic carbocycles. The molecule has 10 aromatic rings. The summed E-state index contributed by atoms with van der Waals surface area (Å²) >= 11 is 0. The molecule has 0 unspecified atom stereocenters. The summed E-state index contributed by atoms with van der Waals surface area (Å²) in [4.78, 5) is 15.1. The highest BCUT2D eigenvalue weighted by Gasteiger charge is 2.48. The van der Waals surface area contributed by atoms with Crippen molar-refractivity contribution in [1.82, 2.24) is 15.0 Å². The summed E-state index contributed by atoms with van der Waals surface area (Å²) in [7, 11) is 0. The molecule has 1 aliphatic heterocycles. The molecular weight excluding hydrogens is 715 g/mol. The van der Waals surface area contributed by atoms with Gasteiger partial charge in [-0.25, -0.2) is 15.0 Å². The van der Waals surface area contributed by atoms with Crippen molar-refractivity contribution in [2.45, 2.75) is 5.41 Å². The van der Waals surface area contributed by atoms with Gasteiger partial charge in [0.1, 0.15) is 11.2 Å². The maximum Gasteiger partial charge on any atom is 0.178 e. The number of para-hydroxylation sites is 1. The van der Waals surface area contributed by atoms with E-state index in [9.17, 15) is 0 Å². The van der Waals surface area contributed by atoms with Gasteiger partial charge in [-0.2, -0.15) is 0 Å². The molecule has 2 aliphatic rings. The lowest BCUT2D eigenvalue weighted by Crippen LogP contribution is -2.28. The highest BCUT2D eigenvalue weighted by atomic mass is 16.6. The number of fused-ring (bicyclic) bond motifs is 9. The lowest BCUT2D eigenvalue weighted by Gasteiger charge is -2.34. The minimum Gasteiger partial charge on any atom is -0.456 e. The average Bonchev–Trinajstić information content (AvgIpc) is 3.82. The SMILES string of the molecule is c1ccc(-c2nc(-c3ccc4c(c3)Oc3c(ccc5c3-c3ccccc3C5(c3ccccc3)c3ccccc3)O4)nc(-c3ccc4c(c3)oc3ccccc34)n2)cc1. The Balaban J connectivity index is 1.00. The maximum absolute atomic E-state index is 7.00. The molecule has 0 spiro atoms. The molecule has 6 nitrogen and oxygen atoms in total. The molecule has 6 heteroatoms. The third-order valence-electron chi connectivity index (χ3n) is 11.5. The largest absolute Gasteiger partial charge is 0.456 e. The number of hydrogen-bond donors (Lipinski definition) is 0. The summed E-state index contributed by atoms with van der Waals surface area (Å²) in [5, 5.41) is 2.12. The van der Waals surface area contributed by atoms with Crippen LogP contribution in [0.3, 0.4) is 0 Å². The summed E-state index contributed by atoms with van der Waals surface area (Å²) in [6.45, 7) is 0. The van der Waals surface area contributed by atoms with Gasteiger partial charge < -0.3 is 13.9 Å². The van der Waals surface area contributed by atoms with Crippen molar-refractivity contribution in [3.8, 4) is 68.3 Å². The van der Waals surface area contributed by atoms with Crippen LogP contribution in [0.5, 0.6) is 23.0 Å². The van der Waals surface area contributed by atoms with Crippen molar-refractivity contribution in [3.63, 3.8) is 0 Å². The van der Waals surface area contributed by atoms with Crippen molar-refractivity contribution < 1.29 is 13.9 Å². The Morgan fingerprint density at radius 2 is 0.966 bits per heavy atom. The van der Waals surface area contributed by atoms with Crippen LogP contribution in [0.25, 0.3) is 67.2 Å². The summed E-state index contributed by atoms with van der Waals surface area (Å²) in [6.07, 6.45) is 0. The van der Waals surface area contributed by atoms with Gasteiger partial charge in [-0.3, -0.25) is 0 Å². The molecule has 0 N–H and O–H groups in total. The predicted octanol–water partition coefficient (Wildman–Crippen LogP) is 13.0. The van der Waals surface area contributed by atoms with E-state index in [1.807, 2.05) is 84.9 Å². The molecule has 1 aliphatic carbocycles. The summed E-state index contributed by atoms with van der Waals surface area (Å²) in [6, 6.07) is 64.4. The third-order valence-corrected chi connectivity index (χ3v) is 11.5. The van der Waals surface area contributed by atoms with Crippen molar-refractivity contribution in [2.75, 3.05) is 0 Å². The Bertz CT molecular complexity index is 3190. The Hall–Kier alpha value is -7.83. The average molecular weight is 746 g/mol. The molecule has 0 saturated carbocycles. The molecule has 0 fully saturated rings.